The molecule has 0 bridgehead atoms. The standard InChI is InChI=1S/C36H42N6O5/c1-36(2,3)41-35(47)42(22-25-14-8-5-9-15-25)23-31(43)29(20-24-12-6-4-7-13-24)39-34(46)30(21-32(37)44)40-33(45)28-19-18-26-16-10-11-17-27(26)38-28/h4-19,29-31,43H,20-23H2,1-3H3,(H2,37,44)(H,39,46)(H,40,45)(H,41,47)/t29-,30?,31?/m0/s1. The summed E-state index contributed by atoms with van der Waals surface area (Å²) >= 11 is 0. The highest BCUT2D eigenvalue weighted by Crippen LogP contribution is 2.14. The van der Waals surface area contributed by atoms with Gasteiger partial charge in [0, 0.05) is 17.5 Å². The predicted molar refractivity (Wildman–Crippen MR) is 180 cm³/mol. The number of amides is 5. The first kappa shape index (κ1) is 34.6. The lowest BCUT2D eigenvalue weighted by atomic mass is 9.99. The van der Waals surface area contributed by atoms with E-state index in [1.54, 1.807) is 18.2 Å². The SMILES string of the molecule is CC(C)(C)NC(=O)N(Cc1ccccc1)CC(O)[C@H](Cc1ccccc1)NC(=O)C(CC(N)=O)NC(=O)c1ccc2ccccc2n1. The van der Waals surface area contributed by atoms with Crippen molar-refractivity contribution in [2.24, 2.45) is 5.73 Å². The van der Waals surface area contributed by atoms with Gasteiger partial charge in [0.25, 0.3) is 5.91 Å². The molecule has 0 radical (unpaired) electrons. The van der Waals surface area contributed by atoms with Gasteiger partial charge in [0.1, 0.15) is 11.7 Å². The van der Waals surface area contributed by atoms with Crippen molar-refractivity contribution in [1.82, 2.24) is 25.8 Å². The molecule has 1 aromatic heterocycles. The van der Waals surface area contributed by atoms with E-state index in [1.807, 2.05) is 93.6 Å². The van der Waals surface area contributed by atoms with E-state index in [-0.39, 0.29) is 31.2 Å². The Bertz CT molecular complexity index is 1680. The zero-order valence-electron chi connectivity index (χ0n) is 26.9. The number of aromatic nitrogens is 1. The molecule has 4 aromatic rings. The van der Waals surface area contributed by atoms with Crippen molar-refractivity contribution in [1.29, 1.82) is 0 Å². The molecule has 0 saturated carbocycles. The van der Waals surface area contributed by atoms with Gasteiger partial charge in [-0.25, -0.2) is 9.78 Å². The van der Waals surface area contributed by atoms with Crippen LogP contribution in [0.15, 0.2) is 97.1 Å². The molecular weight excluding hydrogens is 596 g/mol. The van der Waals surface area contributed by atoms with Gasteiger partial charge in [-0.15, -0.1) is 0 Å². The number of nitrogens with zero attached hydrogens (tertiary/aromatic N) is 2. The lowest BCUT2D eigenvalue weighted by Crippen LogP contribution is -2.57. The third-order valence-corrected chi connectivity index (χ3v) is 7.34. The van der Waals surface area contributed by atoms with E-state index in [1.165, 1.54) is 11.0 Å². The van der Waals surface area contributed by atoms with Crippen LogP contribution in [0.2, 0.25) is 0 Å². The Balaban J connectivity index is 1.56. The first-order chi connectivity index (χ1) is 22.4. The second-order valence-electron chi connectivity index (χ2n) is 12.5. The average molecular weight is 639 g/mol. The van der Waals surface area contributed by atoms with Crippen LogP contribution < -0.4 is 21.7 Å². The van der Waals surface area contributed by atoms with Crippen molar-refractivity contribution in [3.05, 3.63) is 114 Å². The molecule has 47 heavy (non-hydrogen) atoms. The molecule has 0 aliphatic carbocycles. The minimum atomic E-state index is -1.34. The Morgan fingerprint density at radius 3 is 2.09 bits per heavy atom. The molecule has 2 unspecified atom stereocenters. The van der Waals surface area contributed by atoms with Crippen LogP contribution in [0.1, 0.15) is 48.8 Å². The minimum absolute atomic E-state index is 0.0632. The fourth-order valence-electron chi connectivity index (χ4n) is 5.05. The van der Waals surface area contributed by atoms with Gasteiger partial charge in [0.15, 0.2) is 0 Å². The number of urea groups is 1. The largest absolute Gasteiger partial charge is 0.389 e. The van der Waals surface area contributed by atoms with Gasteiger partial charge >= 0.3 is 6.03 Å². The monoisotopic (exact) mass is 638 g/mol. The molecule has 11 nitrogen and oxygen atoms in total. The highest BCUT2D eigenvalue weighted by molar-refractivity contribution is 5.99. The van der Waals surface area contributed by atoms with Crippen molar-refractivity contribution < 1.29 is 24.3 Å². The molecule has 0 spiro atoms. The number of pyridine rings is 1. The van der Waals surface area contributed by atoms with Crippen molar-refractivity contribution >= 4 is 34.7 Å². The van der Waals surface area contributed by atoms with Gasteiger partial charge < -0.3 is 31.7 Å². The number of benzene rings is 3. The van der Waals surface area contributed by atoms with Crippen LogP contribution in [0.25, 0.3) is 10.9 Å². The summed E-state index contributed by atoms with van der Waals surface area (Å²) in [5, 5.41) is 20.8. The molecule has 0 saturated heterocycles. The number of aliphatic hydroxyl groups is 1. The molecule has 0 aliphatic rings. The summed E-state index contributed by atoms with van der Waals surface area (Å²) in [6.07, 6.45) is -1.51. The maximum absolute atomic E-state index is 13.7. The number of carbonyl (C=O) groups is 4. The summed E-state index contributed by atoms with van der Waals surface area (Å²) in [6.45, 7) is 5.68. The van der Waals surface area contributed by atoms with E-state index in [0.717, 1.165) is 16.5 Å². The molecule has 0 fully saturated rings. The van der Waals surface area contributed by atoms with E-state index in [2.05, 4.69) is 20.9 Å². The zero-order valence-corrected chi connectivity index (χ0v) is 26.9. The number of aliphatic hydroxyl groups excluding tert-OH is 1. The summed E-state index contributed by atoms with van der Waals surface area (Å²) in [5.74, 6) is -2.18. The van der Waals surface area contributed by atoms with Gasteiger partial charge in [-0.3, -0.25) is 14.4 Å². The summed E-state index contributed by atoms with van der Waals surface area (Å²) in [4.78, 5) is 58.1. The molecule has 4 rings (SSSR count). The highest BCUT2D eigenvalue weighted by atomic mass is 16.3. The van der Waals surface area contributed by atoms with Gasteiger partial charge in [0.05, 0.1) is 30.6 Å². The van der Waals surface area contributed by atoms with E-state index >= 15 is 0 Å². The van der Waals surface area contributed by atoms with Crippen molar-refractivity contribution in [3.63, 3.8) is 0 Å². The number of hydrogen-bond acceptors (Lipinski definition) is 6. The maximum atomic E-state index is 13.7. The molecular formula is C36H42N6O5. The zero-order chi connectivity index (χ0) is 34.0. The molecule has 3 aromatic carbocycles. The smallest absolute Gasteiger partial charge is 0.318 e. The molecule has 3 atom stereocenters. The summed E-state index contributed by atoms with van der Waals surface area (Å²) < 4.78 is 0. The van der Waals surface area contributed by atoms with Crippen LogP contribution >= 0.6 is 0 Å². The van der Waals surface area contributed by atoms with Crippen molar-refractivity contribution in [2.45, 2.75) is 63.9 Å². The fourth-order valence-corrected chi connectivity index (χ4v) is 5.05. The second-order valence-corrected chi connectivity index (χ2v) is 12.5. The quantitative estimate of drug-likeness (QED) is 0.151. The topological polar surface area (TPSA) is 167 Å². The molecule has 1 heterocycles. The van der Waals surface area contributed by atoms with E-state index < -0.39 is 47.9 Å². The number of fused-ring (bicyclic) bond motifs is 1. The van der Waals surface area contributed by atoms with Gasteiger partial charge in [-0.05, 0) is 50.5 Å². The van der Waals surface area contributed by atoms with Gasteiger partial charge in [-0.2, -0.15) is 0 Å². The Kier molecular flexibility index (Phi) is 11.6. The summed E-state index contributed by atoms with van der Waals surface area (Å²) in [7, 11) is 0. The molecule has 11 heteroatoms. The van der Waals surface area contributed by atoms with Crippen molar-refractivity contribution in [3.8, 4) is 0 Å². The first-order valence-corrected chi connectivity index (χ1v) is 15.5. The third kappa shape index (κ3) is 10.6. The van der Waals surface area contributed by atoms with Crippen LogP contribution in [0.3, 0.4) is 0 Å². The lowest BCUT2D eigenvalue weighted by molar-refractivity contribution is -0.128. The number of carbonyl (C=O) groups excluding carboxylic acids is 4. The van der Waals surface area contributed by atoms with Crippen LogP contribution in [-0.4, -0.2) is 69.0 Å². The first-order valence-electron chi connectivity index (χ1n) is 15.5. The number of para-hydroxylation sites is 1. The molecule has 5 amide bonds. The molecule has 6 N–H and O–H groups in total. The Labute approximate surface area is 274 Å². The molecule has 246 valence electrons. The van der Waals surface area contributed by atoms with Gasteiger partial charge in [-0.1, -0.05) is 84.9 Å². The summed E-state index contributed by atoms with van der Waals surface area (Å²) in [6, 6.07) is 26.5. The average Bonchev–Trinajstić information content (AvgIpc) is 3.03. The lowest BCUT2D eigenvalue weighted by Gasteiger charge is -2.33. The Morgan fingerprint density at radius 1 is 0.830 bits per heavy atom. The third-order valence-electron chi connectivity index (χ3n) is 7.34. The van der Waals surface area contributed by atoms with Crippen LogP contribution in [-0.2, 0) is 22.6 Å². The number of rotatable bonds is 13. The number of primary amides is 1. The van der Waals surface area contributed by atoms with E-state index in [0.29, 0.717) is 5.52 Å². The van der Waals surface area contributed by atoms with Crippen LogP contribution in [0.5, 0.6) is 0 Å². The Hall–Kier alpha value is -5.29. The Morgan fingerprint density at radius 2 is 1.45 bits per heavy atom. The number of hydrogen-bond donors (Lipinski definition) is 5. The second kappa shape index (κ2) is 15.8. The van der Waals surface area contributed by atoms with E-state index in [9.17, 15) is 24.3 Å². The fraction of sp³-hybridized carbons (Fsp3) is 0.306. The normalized spacial score (nSPS) is 13.2. The predicted octanol–water partition coefficient (Wildman–Crippen LogP) is 3.31. The van der Waals surface area contributed by atoms with Crippen LogP contribution in [0.4, 0.5) is 4.79 Å². The molecule has 0 aliphatic heterocycles. The minimum Gasteiger partial charge on any atom is -0.389 e. The van der Waals surface area contributed by atoms with Crippen molar-refractivity contribution in [2.75, 3.05) is 6.54 Å². The maximum Gasteiger partial charge on any atom is 0.318 e. The summed E-state index contributed by atoms with van der Waals surface area (Å²) in [5.41, 5.74) is 7.28. The van der Waals surface area contributed by atoms with Gasteiger partial charge in [0.2, 0.25) is 11.8 Å². The van der Waals surface area contributed by atoms with Crippen LogP contribution in [0, 0.1) is 0 Å². The number of nitrogens with one attached hydrogen (secondary N) is 3. The van der Waals surface area contributed by atoms with E-state index in [4.69, 9.17) is 5.73 Å². The highest BCUT2D eigenvalue weighted by Gasteiger charge is 2.31. The number of nitrogens with two attached hydrogens (primary N) is 1.